The number of fused-ring (bicyclic) bond motifs is 1. The molecule has 118 valence electrons. The van der Waals surface area contributed by atoms with Crippen LogP contribution < -0.4 is 5.32 Å². The lowest BCUT2D eigenvalue weighted by Crippen LogP contribution is -2.47. The minimum Gasteiger partial charge on any atom is -0.391 e. The van der Waals surface area contributed by atoms with Gasteiger partial charge in [-0.15, -0.1) is 0 Å². The Labute approximate surface area is 129 Å². The van der Waals surface area contributed by atoms with E-state index >= 15 is 0 Å². The average Bonchev–Trinajstić information content (AvgIpc) is 2.95. The van der Waals surface area contributed by atoms with Crippen LogP contribution in [0.15, 0.2) is 30.6 Å². The van der Waals surface area contributed by atoms with Gasteiger partial charge in [-0.2, -0.15) is 0 Å². The maximum Gasteiger partial charge on any atom is 0.317 e. The summed E-state index contributed by atoms with van der Waals surface area (Å²) in [7, 11) is 0. The Morgan fingerprint density at radius 2 is 2.27 bits per heavy atom. The van der Waals surface area contributed by atoms with E-state index in [-0.39, 0.29) is 12.1 Å². The van der Waals surface area contributed by atoms with E-state index in [1.165, 1.54) is 0 Å². The summed E-state index contributed by atoms with van der Waals surface area (Å²) in [6.45, 7) is 2.62. The van der Waals surface area contributed by atoms with Gasteiger partial charge >= 0.3 is 6.03 Å². The minimum absolute atomic E-state index is 0.0748. The Morgan fingerprint density at radius 3 is 3.14 bits per heavy atom. The fourth-order valence-corrected chi connectivity index (χ4v) is 2.88. The molecule has 1 unspecified atom stereocenters. The fourth-order valence-electron chi connectivity index (χ4n) is 2.88. The Bertz CT molecular complexity index is 640. The van der Waals surface area contributed by atoms with Crippen LogP contribution in [-0.4, -0.2) is 51.3 Å². The summed E-state index contributed by atoms with van der Waals surface area (Å²) in [5.74, 6) is 0. The summed E-state index contributed by atoms with van der Waals surface area (Å²) in [5.41, 5.74) is 2.11. The maximum atomic E-state index is 12.0. The van der Waals surface area contributed by atoms with E-state index in [2.05, 4.69) is 20.9 Å². The molecule has 1 aromatic heterocycles. The van der Waals surface area contributed by atoms with Crippen molar-refractivity contribution in [1.29, 1.82) is 0 Å². The molecule has 0 radical (unpaired) electrons. The zero-order valence-electron chi connectivity index (χ0n) is 12.6. The first-order valence-electron chi connectivity index (χ1n) is 7.85. The number of carbonyl (C=O) groups excluding carboxylic acids is 1. The standard InChI is InChI=1S/C16H22N4O2/c21-13-5-3-9-19(11-13)16(22)17-8-4-10-20-12-18-14-6-1-2-7-15(14)20/h1-2,6-7,12-13,21H,3-5,8-11H2,(H,17,22). The SMILES string of the molecule is O=C(NCCCn1cnc2ccccc21)N1CCCC(O)C1. The Kier molecular flexibility index (Phi) is 4.58. The highest BCUT2D eigenvalue weighted by atomic mass is 16.3. The number of carbonyl (C=O) groups is 1. The molecular formula is C16H22N4O2. The first kappa shape index (κ1) is 14.8. The number of urea groups is 1. The van der Waals surface area contributed by atoms with Gasteiger partial charge in [-0.1, -0.05) is 12.1 Å². The van der Waals surface area contributed by atoms with E-state index in [1.807, 2.05) is 24.5 Å². The Hall–Kier alpha value is -2.08. The summed E-state index contributed by atoms with van der Waals surface area (Å²) in [6, 6.07) is 7.96. The third kappa shape index (κ3) is 3.39. The highest BCUT2D eigenvalue weighted by Gasteiger charge is 2.21. The number of β-amino-alcohol motifs (C(OH)–C–C–N with tert-alkyl or cyclic N) is 1. The quantitative estimate of drug-likeness (QED) is 0.843. The molecule has 1 saturated heterocycles. The highest BCUT2D eigenvalue weighted by Crippen LogP contribution is 2.12. The van der Waals surface area contributed by atoms with E-state index in [0.29, 0.717) is 13.1 Å². The second kappa shape index (κ2) is 6.79. The molecular weight excluding hydrogens is 280 g/mol. The molecule has 1 aliphatic heterocycles. The third-order valence-electron chi connectivity index (χ3n) is 4.06. The molecule has 0 bridgehead atoms. The van der Waals surface area contributed by atoms with Crippen LogP contribution in [-0.2, 0) is 6.54 Å². The Balaban J connectivity index is 1.44. The van der Waals surface area contributed by atoms with Gasteiger partial charge in [0.05, 0.1) is 23.5 Å². The van der Waals surface area contributed by atoms with Crippen molar-refractivity contribution in [3.05, 3.63) is 30.6 Å². The molecule has 6 heteroatoms. The number of aliphatic hydroxyl groups excluding tert-OH is 1. The van der Waals surface area contributed by atoms with Crippen molar-refractivity contribution in [1.82, 2.24) is 19.8 Å². The van der Waals surface area contributed by atoms with Gasteiger partial charge < -0.3 is 19.9 Å². The van der Waals surface area contributed by atoms with Gasteiger partial charge in [0, 0.05) is 26.2 Å². The van der Waals surface area contributed by atoms with Crippen LogP contribution in [0.5, 0.6) is 0 Å². The number of aliphatic hydroxyl groups is 1. The zero-order chi connectivity index (χ0) is 15.4. The largest absolute Gasteiger partial charge is 0.391 e. The number of rotatable bonds is 4. The molecule has 3 rings (SSSR count). The van der Waals surface area contributed by atoms with E-state index < -0.39 is 0 Å². The van der Waals surface area contributed by atoms with Crippen molar-refractivity contribution >= 4 is 17.1 Å². The predicted molar refractivity (Wildman–Crippen MR) is 84.6 cm³/mol. The molecule has 2 heterocycles. The molecule has 1 fully saturated rings. The van der Waals surface area contributed by atoms with E-state index in [9.17, 15) is 9.90 Å². The number of benzene rings is 1. The number of aromatic nitrogens is 2. The number of hydrogen-bond donors (Lipinski definition) is 2. The van der Waals surface area contributed by atoms with Gasteiger partial charge in [0.15, 0.2) is 0 Å². The first-order valence-corrected chi connectivity index (χ1v) is 7.85. The lowest BCUT2D eigenvalue weighted by atomic mass is 10.1. The molecule has 22 heavy (non-hydrogen) atoms. The average molecular weight is 302 g/mol. The van der Waals surface area contributed by atoms with Crippen LogP contribution in [0, 0.1) is 0 Å². The van der Waals surface area contributed by atoms with Crippen molar-refractivity contribution in [2.45, 2.75) is 31.9 Å². The van der Waals surface area contributed by atoms with Crippen LogP contribution in [0.1, 0.15) is 19.3 Å². The first-order chi connectivity index (χ1) is 10.7. The zero-order valence-corrected chi connectivity index (χ0v) is 12.6. The molecule has 6 nitrogen and oxygen atoms in total. The predicted octanol–water partition coefficient (Wildman–Crippen LogP) is 1.59. The van der Waals surface area contributed by atoms with Gasteiger partial charge in [-0.05, 0) is 31.4 Å². The molecule has 0 spiro atoms. The highest BCUT2D eigenvalue weighted by molar-refractivity contribution is 5.75. The van der Waals surface area contributed by atoms with Crippen LogP contribution in [0.3, 0.4) is 0 Å². The number of piperidine rings is 1. The number of amides is 2. The number of nitrogens with zero attached hydrogens (tertiary/aromatic N) is 3. The molecule has 1 aliphatic rings. The molecule has 2 aromatic rings. The van der Waals surface area contributed by atoms with Crippen molar-refractivity contribution in [3.8, 4) is 0 Å². The summed E-state index contributed by atoms with van der Waals surface area (Å²) in [6.07, 6.45) is 3.97. The third-order valence-corrected chi connectivity index (χ3v) is 4.06. The van der Waals surface area contributed by atoms with E-state index in [0.717, 1.165) is 43.4 Å². The minimum atomic E-state index is -0.378. The second-order valence-electron chi connectivity index (χ2n) is 5.75. The van der Waals surface area contributed by atoms with Crippen molar-refractivity contribution in [2.75, 3.05) is 19.6 Å². The molecule has 0 aliphatic carbocycles. The van der Waals surface area contributed by atoms with E-state index in [4.69, 9.17) is 0 Å². The van der Waals surface area contributed by atoms with Gasteiger partial charge in [0.25, 0.3) is 0 Å². The van der Waals surface area contributed by atoms with Crippen LogP contribution in [0.25, 0.3) is 11.0 Å². The summed E-state index contributed by atoms with van der Waals surface area (Å²) in [4.78, 5) is 18.1. The second-order valence-corrected chi connectivity index (χ2v) is 5.75. The fraction of sp³-hybridized carbons (Fsp3) is 0.500. The van der Waals surface area contributed by atoms with Gasteiger partial charge in [0.1, 0.15) is 0 Å². The number of hydrogen-bond acceptors (Lipinski definition) is 3. The van der Waals surface area contributed by atoms with Crippen molar-refractivity contribution in [2.24, 2.45) is 0 Å². The van der Waals surface area contributed by atoms with Gasteiger partial charge in [-0.3, -0.25) is 0 Å². The maximum absolute atomic E-state index is 12.0. The number of aryl methyl sites for hydroxylation is 1. The normalized spacial score (nSPS) is 18.6. The smallest absolute Gasteiger partial charge is 0.317 e. The molecule has 2 amide bonds. The molecule has 0 saturated carbocycles. The summed E-state index contributed by atoms with van der Waals surface area (Å²) in [5, 5.41) is 12.5. The lowest BCUT2D eigenvalue weighted by molar-refractivity contribution is 0.0843. The molecule has 2 N–H and O–H groups in total. The number of imidazole rings is 1. The summed E-state index contributed by atoms with van der Waals surface area (Å²) < 4.78 is 2.10. The summed E-state index contributed by atoms with van der Waals surface area (Å²) >= 11 is 0. The van der Waals surface area contributed by atoms with E-state index in [1.54, 1.807) is 4.90 Å². The van der Waals surface area contributed by atoms with Crippen molar-refractivity contribution in [3.63, 3.8) is 0 Å². The number of para-hydroxylation sites is 2. The molecule has 1 atom stereocenters. The monoisotopic (exact) mass is 302 g/mol. The van der Waals surface area contributed by atoms with Crippen LogP contribution in [0.2, 0.25) is 0 Å². The number of likely N-dealkylation sites (tertiary alicyclic amines) is 1. The topological polar surface area (TPSA) is 70.4 Å². The van der Waals surface area contributed by atoms with Gasteiger partial charge in [0.2, 0.25) is 0 Å². The molecule has 1 aromatic carbocycles. The van der Waals surface area contributed by atoms with Crippen LogP contribution in [0.4, 0.5) is 4.79 Å². The Morgan fingerprint density at radius 1 is 1.41 bits per heavy atom. The van der Waals surface area contributed by atoms with Crippen LogP contribution >= 0.6 is 0 Å². The number of nitrogens with one attached hydrogen (secondary N) is 1. The van der Waals surface area contributed by atoms with Gasteiger partial charge in [-0.25, -0.2) is 9.78 Å². The van der Waals surface area contributed by atoms with Crippen molar-refractivity contribution < 1.29 is 9.90 Å². The lowest BCUT2D eigenvalue weighted by Gasteiger charge is -2.30.